The lowest BCUT2D eigenvalue weighted by Crippen LogP contribution is -2.40. The molecule has 1 aromatic carbocycles. The topological polar surface area (TPSA) is 107 Å². The summed E-state index contributed by atoms with van der Waals surface area (Å²) in [4.78, 5) is 32.7. The summed E-state index contributed by atoms with van der Waals surface area (Å²) in [6.07, 6.45) is 12.5. The Balaban J connectivity index is 2.50. The zero-order chi connectivity index (χ0) is 27.6. The molecule has 0 saturated carbocycles. The third kappa shape index (κ3) is 17.1. The molecule has 0 aliphatic rings. The Hall–Kier alpha value is -3.43. The molecule has 0 N–H and O–H groups in total. The second-order valence-corrected chi connectivity index (χ2v) is 8.42. The van der Waals surface area contributed by atoms with Crippen molar-refractivity contribution in [2.75, 3.05) is 46.2 Å². The molecule has 0 unspecified atom stereocenters. The first-order chi connectivity index (χ1) is 18.7. The van der Waals surface area contributed by atoms with Gasteiger partial charge in [0.15, 0.2) is 0 Å². The standard InChI is InChI=1S/C29H40O9/c1-2-38-28(32)14-21-37-26-29(24-35-19-10-15-30,25-36-20-11-16-31)23-34-18-9-4-3-8-17-33-22-27-12-6-5-7-13-27/h5-7,10-16,19-21H,2-4,8-9,17-18,22-26H2,1H3. The average Bonchev–Trinajstić information content (AvgIpc) is 2.93. The lowest BCUT2D eigenvalue weighted by molar-refractivity contribution is -0.137. The number of aldehydes is 2. The lowest BCUT2D eigenvalue weighted by Gasteiger charge is -2.31. The third-order valence-electron chi connectivity index (χ3n) is 5.11. The zero-order valence-electron chi connectivity index (χ0n) is 22.2. The molecule has 9 nitrogen and oxygen atoms in total. The number of carbonyl (C=O) groups is 3. The van der Waals surface area contributed by atoms with Gasteiger partial charge >= 0.3 is 5.97 Å². The minimum Gasteiger partial charge on any atom is -0.500 e. The van der Waals surface area contributed by atoms with Crippen LogP contribution in [0.3, 0.4) is 0 Å². The summed E-state index contributed by atoms with van der Waals surface area (Å²) in [5, 5.41) is 0. The van der Waals surface area contributed by atoms with Gasteiger partial charge in [0.05, 0.1) is 50.1 Å². The number of carbonyl (C=O) groups excluding carboxylic acids is 3. The van der Waals surface area contributed by atoms with E-state index >= 15 is 0 Å². The molecule has 0 heterocycles. The van der Waals surface area contributed by atoms with Crippen LogP contribution in [-0.4, -0.2) is 64.8 Å². The summed E-state index contributed by atoms with van der Waals surface area (Å²) in [5.74, 6) is -0.518. The molecule has 0 aliphatic carbocycles. The average molecular weight is 533 g/mol. The smallest absolute Gasteiger partial charge is 0.333 e. The summed E-state index contributed by atoms with van der Waals surface area (Å²) in [5.41, 5.74) is 0.381. The highest BCUT2D eigenvalue weighted by Gasteiger charge is 2.33. The summed E-state index contributed by atoms with van der Waals surface area (Å²) >= 11 is 0. The molecule has 38 heavy (non-hydrogen) atoms. The van der Waals surface area contributed by atoms with E-state index in [9.17, 15) is 14.4 Å². The quantitative estimate of drug-likeness (QED) is 0.0633. The van der Waals surface area contributed by atoms with Gasteiger partial charge in [-0.25, -0.2) is 4.79 Å². The van der Waals surface area contributed by atoms with E-state index in [1.54, 1.807) is 6.92 Å². The van der Waals surface area contributed by atoms with Gasteiger partial charge in [-0.05, 0) is 25.3 Å². The Morgan fingerprint density at radius 3 is 1.92 bits per heavy atom. The minimum atomic E-state index is -0.787. The molecule has 0 bridgehead atoms. The minimum absolute atomic E-state index is 0.0888. The highest BCUT2D eigenvalue weighted by molar-refractivity contribution is 5.81. The lowest BCUT2D eigenvalue weighted by atomic mass is 9.92. The van der Waals surface area contributed by atoms with Crippen LogP contribution in [0, 0.1) is 5.41 Å². The van der Waals surface area contributed by atoms with Crippen molar-refractivity contribution < 1.29 is 42.8 Å². The third-order valence-corrected chi connectivity index (χ3v) is 5.11. The van der Waals surface area contributed by atoms with Crippen molar-refractivity contribution in [2.45, 2.75) is 39.2 Å². The second kappa shape index (κ2) is 22.7. The SMILES string of the molecule is CCOC(=O)C=COCC(COC=CC=O)(COC=CC=O)COCCCCCCOCc1ccccc1. The maximum atomic E-state index is 11.5. The largest absolute Gasteiger partial charge is 0.500 e. The molecular formula is C29H40O9. The Morgan fingerprint density at radius 2 is 1.34 bits per heavy atom. The molecule has 0 radical (unpaired) electrons. The van der Waals surface area contributed by atoms with Crippen LogP contribution in [0.2, 0.25) is 0 Å². The van der Waals surface area contributed by atoms with Crippen molar-refractivity contribution in [2.24, 2.45) is 5.41 Å². The molecule has 210 valence electrons. The first-order valence-corrected chi connectivity index (χ1v) is 12.7. The van der Waals surface area contributed by atoms with Crippen molar-refractivity contribution in [3.05, 3.63) is 72.9 Å². The van der Waals surface area contributed by atoms with Crippen LogP contribution in [0.1, 0.15) is 38.2 Å². The molecule has 1 aromatic rings. The monoisotopic (exact) mass is 532 g/mol. The van der Waals surface area contributed by atoms with Crippen LogP contribution in [0.5, 0.6) is 0 Å². The highest BCUT2D eigenvalue weighted by Crippen LogP contribution is 2.22. The number of rotatable bonds is 24. The number of hydrogen-bond acceptors (Lipinski definition) is 9. The van der Waals surface area contributed by atoms with Gasteiger partial charge in [-0.2, -0.15) is 0 Å². The Labute approximate surface area is 225 Å². The van der Waals surface area contributed by atoms with Crippen molar-refractivity contribution >= 4 is 18.5 Å². The van der Waals surface area contributed by atoms with Crippen molar-refractivity contribution in [1.29, 1.82) is 0 Å². The molecule has 0 saturated heterocycles. The van der Waals surface area contributed by atoms with Gasteiger partial charge in [0.2, 0.25) is 0 Å². The van der Waals surface area contributed by atoms with E-state index in [1.165, 1.54) is 42.6 Å². The van der Waals surface area contributed by atoms with Gasteiger partial charge in [0.1, 0.15) is 32.4 Å². The van der Waals surface area contributed by atoms with E-state index in [2.05, 4.69) is 0 Å². The summed E-state index contributed by atoms with van der Waals surface area (Å²) in [6.45, 7) is 4.37. The van der Waals surface area contributed by atoms with Crippen molar-refractivity contribution in [3.63, 3.8) is 0 Å². The first-order valence-electron chi connectivity index (χ1n) is 12.7. The fourth-order valence-electron chi connectivity index (χ4n) is 3.21. The van der Waals surface area contributed by atoms with Gasteiger partial charge in [-0.3, -0.25) is 9.59 Å². The Kier molecular flexibility index (Phi) is 19.5. The summed E-state index contributed by atoms with van der Waals surface area (Å²) in [7, 11) is 0. The van der Waals surface area contributed by atoms with Gasteiger partial charge in [0.25, 0.3) is 0 Å². The maximum Gasteiger partial charge on any atom is 0.333 e. The maximum absolute atomic E-state index is 11.5. The predicted octanol–water partition coefficient (Wildman–Crippen LogP) is 4.32. The van der Waals surface area contributed by atoms with E-state index in [4.69, 9.17) is 28.4 Å². The van der Waals surface area contributed by atoms with E-state index < -0.39 is 11.4 Å². The number of hydrogen-bond donors (Lipinski definition) is 0. The van der Waals surface area contributed by atoms with E-state index in [0.29, 0.717) is 32.4 Å². The fourth-order valence-corrected chi connectivity index (χ4v) is 3.21. The van der Waals surface area contributed by atoms with Crippen molar-refractivity contribution in [1.82, 2.24) is 0 Å². The summed E-state index contributed by atoms with van der Waals surface area (Å²) in [6, 6.07) is 10.1. The van der Waals surface area contributed by atoms with E-state index in [-0.39, 0.29) is 33.0 Å². The van der Waals surface area contributed by atoms with Crippen molar-refractivity contribution in [3.8, 4) is 0 Å². The molecule has 9 heteroatoms. The second-order valence-electron chi connectivity index (χ2n) is 8.42. The van der Waals surface area contributed by atoms with Gasteiger partial charge < -0.3 is 28.4 Å². The molecule has 0 atom stereocenters. The summed E-state index contributed by atoms with van der Waals surface area (Å²) < 4.78 is 33.1. The van der Waals surface area contributed by atoms with E-state index in [1.807, 2.05) is 30.3 Å². The molecule has 0 amide bonds. The number of allylic oxidation sites excluding steroid dienone is 2. The molecule has 1 rings (SSSR count). The first kappa shape index (κ1) is 32.6. The van der Waals surface area contributed by atoms with Gasteiger partial charge in [-0.1, -0.05) is 43.2 Å². The van der Waals surface area contributed by atoms with Gasteiger partial charge in [0, 0.05) is 25.4 Å². The van der Waals surface area contributed by atoms with Crippen LogP contribution in [0.15, 0.2) is 67.3 Å². The molecule has 0 spiro atoms. The Bertz CT molecular complexity index is 812. The van der Waals surface area contributed by atoms with Crippen LogP contribution in [-0.2, 0) is 49.4 Å². The van der Waals surface area contributed by atoms with Crippen LogP contribution >= 0.6 is 0 Å². The number of ether oxygens (including phenoxy) is 6. The van der Waals surface area contributed by atoms with Crippen LogP contribution in [0.25, 0.3) is 0 Å². The molecule has 0 fully saturated rings. The fraction of sp³-hybridized carbons (Fsp3) is 0.483. The number of unbranched alkanes of at least 4 members (excludes halogenated alkanes) is 3. The highest BCUT2D eigenvalue weighted by atomic mass is 16.5. The van der Waals surface area contributed by atoms with Gasteiger partial charge in [-0.15, -0.1) is 0 Å². The molecular weight excluding hydrogens is 492 g/mol. The zero-order valence-corrected chi connectivity index (χ0v) is 22.2. The predicted molar refractivity (Wildman–Crippen MR) is 142 cm³/mol. The number of esters is 1. The number of benzene rings is 1. The normalized spacial score (nSPS) is 13.0. The van der Waals surface area contributed by atoms with E-state index in [0.717, 1.165) is 25.7 Å². The molecule has 0 aromatic heterocycles. The van der Waals surface area contributed by atoms with Crippen LogP contribution in [0.4, 0.5) is 0 Å². The Morgan fingerprint density at radius 1 is 0.763 bits per heavy atom. The van der Waals surface area contributed by atoms with Crippen LogP contribution < -0.4 is 0 Å². The molecule has 0 aliphatic heterocycles.